The number of hydrogen-bond acceptors (Lipinski definition) is 3. The van der Waals surface area contributed by atoms with Crippen molar-refractivity contribution >= 4 is 40.8 Å². The van der Waals surface area contributed by atoms with Gasteiger partial charge in [0.05, 0.1) is 22.5 Å². The van der Waals surface area contributed by atoms with Crippen LogP contribution in [0.1, 0.15) is 45.4 Å². The highest BCUT2D eigenvalue weighted by atomic mass is 35.5. The van der Waals surface area contributed by atoms with E-state index in [1.54, 1.807) is 18.2 Å². The topological polar surface area (TPSA) is 95.5 Å². The van der Waals surface area contributed by atoms with Crippen molar-refractivity contribution in [3.63, 3.8) is 0 Å². The first kappa shape index (κ1) is 19.2. The summed E-state index contributed by atoms with van der Waals surface area (Å²) in [5, 5.41) is 15.1. The zero-order chi connectivity index (χ0) is 18.4. The SMILES string of the molecule is CCCC(=O)Nc1ccc(Cl)c(NC(=O)C2CCCCC2C(=O)O)c1. The van der Waals surface area contributed by atoms with Gasteiger partial charge in [-0.1, -0.05) is 31.4 Å². The first-order chi connectivity index (χ1) is 11.9. The molecule has 1 aromatic rings. The lowest BCUT2D eigenvalue weighted by molar-refractivity contribution is -0.147. The van der Waals surface area contributed by atoms with Crippen LogP contribution < -0.4 is 10.6 Å². The van der Waals surface area contributed by atoms with Gasteiger partial charge in [-0.2, -0.15) is 0 Å². The second kappa shape index (κ2) is 8.85. The van der Waals surface area contributed by atoms with Crippen molar-refractivity contribution in [1.29, 1.82) is 0 Å². The van der Waals surface area contributed by atoms with Crippen molar-refractivity contribution in [2.75, 3.05) is 10.6 Å². The highest BCUT2D eigenvalue weighted by Crippen LogP contribution is 2.33. The lowest BCUT2D eigenvalue weighted by Gasteiger charge is -2.27. The zero-order valence-corrected chi connectivity index (χ0v) is 14.9. The molecule has 1 aliphatic rings. The average molecular weight is 367 g/mol. The van der Waals surface area contributed by atoms with Gasteiger partial charge in [0.15, 0.2) is 0 Å². The Bertz CT molecular complexity index is 662. The molecule has 1 aromatic carbocycles. The van der Waals surface area contributed by atoms with E-state index in [1.807, 2.05) is 6.92 Å². The van der Waals surface area contributed by atoms with Crippen LogP contribution in [-0.2, 0) is 14.4 Å². The maximum absolute atomic E-state index is 12.6. The standard InChI is InChI=1S/C18H23ClN2O4/c1-2-5-16(22)20-11-8-9-14(19)15(10-11)21-17(23)12-6-3-4-7-13(12)18(24)25/h8-10,12-13H,2-7H2,1H3,(H,20,22)(H,21,23)(H,24,25). The molecule has 2 unspecified atom stereocenters. The van der Waals surface area contributed by atoms with Crippen molar-refractivity contribution in [2.45, 2.75) is 45.4 Å². The maximum atomic E-state index is 12.6. The number of carboxylic acids is 1. The van der Waals surface area contributed by atoms with Gasteiger partial charge in [0.25, 0.3) is 0 Å². The number of halogens is 1. The number of carbonyl (C=O) groups is 3. The molecule has 136 valence electrons. The Labute approximate surface area is 151 Å². The Morgan fingerprint density at radius 2 is 1.84 bits per heavy atom. The smallest absolute Gasteiger partial charge is 0.307 e. The molecule has 2 rings (SSSR count). The number of carbonyl (C=O) groups excluding carboxylic acids is 2. The summed E-state index contributed by atoms with van der Waals surface area (Å²) in [6.07, 6.45) is 3.86. The minimum atomic E-state index is -0.938. The first-order valence-electron chi connectivity index (χ1n) is 8.55. The predicted octanol–water partition coefficient (Wildman–Crippen LogP) is 3.91. The van der Waals surface area contributed by atoms with Gasteiger partial charge in [-0.3, -0.25) is 14.4 Å². The summed E-state index contributed by atoms with van der Waals surface area (Å²) in [4.78, 5) is 35.6. The summed E-state index contributed by atoms with van der Waals surface area (Å²) in [7, 11) is 0. The molecule has 2 amide bonds. The van der Waals surface area contributed by atoms with Crippen LogP contribution in [-0.4, -0.2) is 22.9 Å². The second-order valence-corrected chi connectivity index (χ2v) is 6.72. The molecule has 1 fully saturated rings. The lowest BCUT2D eigenvalue weighted by Crippen LogP contribution is -2.36. The molecule has 0 saturated heterocycles. The summed E-state index contributed by atoms with van der Waals surface area (Å²) in [6.45, 7) is 1.91. The van der Waals surface area contributed by atoms with E-state index in [2.05, 4.69) is 10.6 Å². The lowest BCUT2D eigenvalue weighted by atomic mass is 9.78. The molecule has 0 aliphatic heterocycles. The molecule has 1 aliphatic carbocycles. The number of amides is 2. The van der Waals surface area contributed by atoms with E-state index in [0.29, 0.717) is 35.7 Å². The van der Waals surface area contributed by atoms with E-state index in [0.717, 1.165) is 19.3 Å². The predicted molar refractivity (Wildman–Crippen MR) is 96.7 cm³/mol. The summed E-state index contributed by atoms with van der Waals surface area (Å²) < 4.78 is 0. The Kier molecular flexibility index (Phi) is 6.82. The van der Waals surface area contributed by atoms with E-state index >= 15 is 0 Å². The number of hydrogen-bond donors (Lipinski definition) is 3. The molecule has 2 atom stereocenters. The molecular formula is C18H23ClN2O4. The van der Waals surface area contributed by atoms with E-state index in [-0.39, 0.29) is 11.8 Å². The zero-order valence-electron chi connectivity index (χ0n) is 14.2. The Hall–Kier alpha value is -2.08. The molecular weight excluding hydrogens is 344 g/mol. The molecule has 1 saturated carbocycles. The number of aliphatic carboxylic acids is 1. The molecule has 0 aromatic heterocycles. The van der Waals surface area contributed by atoms with Crippen molar-refractivity contribution in [3.05, 3.63) is 23.2 Å². The maximum Gasteiger partial charge on any atom is 0.307 e. The number of nitrogens with one attached hydrogen (secondary N) is 2. The van der Waals surface area contributed by atoms with Crippen LogP contribution in [0.15, 0.2) is 18.2 Å². The number of rotatable bonds is 6. The molecule has 0 radical (unpaired) electrons. The molecule has 0 heterocycles. The van der Waals surface area contributed by atoms with Gasteiger partial charge in [0.2, 0.25) is 11.8 Å². The van der Waals surface area contributed by atoms with Crippen LogP contribution in [0.5, 0.6) is 0 Å². The van der Waals surface area contributed by atoms with E-state index in [4.69, 9.17) is 11.6 Å². The largest absolute Gasteiger partial charge is 0.481 e. The molecule has 0 spiro atoms. The summed E-state index contributed by atoms with van der Waals surface area (Å²) in [6, 6.07) is 4.84. The highest BCUT2D eigenvalue weighted by Gasteiger charge is 2.35. The quantitative estimate of drug-likeness (QED) is 0.711. The van der Waals surface area contributed by atoms with Crippen LogP contribution in [0.3, 0.4) is 0 Å². The normalized spacial score (nSPS) is 19.9. The Morgan fingerprint density at radius 1 is 1.16 bits per heavy atom. The van der Waals surface area contributed by atoms with Gasteiger partial charge in [-0.05, 0) is 37.5 Å². The van der Waals surface area contributed by atoms with Crippen molar-refractivity contribution in [3.8, 4) is 0 Å². The highest BCUT2D eigenvalue weighted by molar-refractivity contribution is 6.33. The molecule has 7 heteroatoms. The molecule has 3 N–H and O–H groups in total. The second-order valence-electron chi connectivity index (χ2n) is 6.32. The molecule has 0 bridgehead atoms. The van der Waals surface area contributed by atoms with Gasteiger partial charge < -0.3 is 15.7 Å². The fourth-order valence-electron chi connectivity index (χ4n) is 3.12. The van der Waals surface area contributed by atoms with Crippen LogP contribution in [0.4, 0.5) is 11.4 Å². The molecule has 25 heavy (non-hydrogen) atoms. The van der Waals surface area contributed by atoms with Crippen LogP contribution >= 0.6 is 11.6 Å². The third kappa shape index (κ3) is 5.19. The monoisotopic (exact) mass is 366 g/mol. The fraction of sp³-hybridized carbons (Fsp3) is 0.500. The van der Waals surface area contributed by atoms with Gasteiger partial charge in [0.1, 0.15) is 0 Å². The van der Waals surface area contributed by atoms with Crippen LogP contribution in [0.2, 0.25) is 5.02 Å². The van der Waals surface area contributed by atoms with E-state index < -0.39 is 17.8 Å². The third-order valence-corrected chi connectivity index (χ3v) is 4.73. The molecule has 6 nitrogen and oxygen atoms in total. The van der Waals surface area contributed by atoms with E-state index in [1.165, 1.54) is 0 Å². The van der Waals surface area contributed by atoms with Crippen LogP contribution in [0.25, 0.3) is 0 Å². The van der Waals surface area contributed by atoms with Crippen LogP contribution in [0, 0.1) is 11.8 Å². The van der Waals surface area contributed by atoms with Gasteiger partial charge >= 0.3 is 5.97 Å². The Morgan fingerprint density at radius 3 is 2.48 bits per heavy atom. The summed E-state index contributed by atoms with van der Waals surface area (Å²) in [5.74, 6) is -2.63. The van der Waals surface area contributed by atoms with E-state index in [9.17, 15) is 19.5 Å². The first-order valence-corrected chi connectivity index (χ1v) is 8.93. The minimum Gasteiger partial charge on any atom is -0.481 e. The van der Waals surface area contributed by atoms with Crippen molar-refractivity contribution in [1.82, 2.24) is 0 Å². The summed E-state index contributed by atoms with van der Waals surface area (Å²) in [5.41, 5.74) is 0.909. The third-order valence-electron chi connectivity index (χ3n) is 4.40. The average Bonchev–Trinajstić information content (AvgIpc) is 2.58. The van der Waals surface area contributed by atoms with Gasteiger partial charge in [-0.15, -0.1) is 0 Å². The van der Waals surface area contributed by atoms with Gasteiger partial charge in [0, 0.05) is 12.1 Å². The number of carboxylic acid groups (broad SMARTS) is 1. The summed E-state index contributed by atoms with van der Waals surface area (Å²) >= 11 is 6.13. The minimum absolute atomic E-state index is 0.111. The van der Waals surface area contributed by atoms with Crippen molar-refractivity contribution in [2.24, 2.45) is 11.8 Å². The Balaban J connectivity index is 2.11. The van der Waals surface area contributed by atoms with Crippen molar-refractivity contribution < 1.29 is 19.5 Å². The number of benzene rings is 1. The fourth-order valence-corrected chi connectivity index (χ4v) is 3.28. The number of anilines is 2. The van der Waals surface area contributed by atoms with Gasteiger partial charge in [-0.25, -0.2) is 0 Å².